The van der Waals surface area contributed by atoms with Crippen molar-refractivity contribution in [3.05, 3.63) is 41.5 Å². The van der Waals surface area contributed by atoms with E-state index in [1.54, 1.807) is 31.2 Å². The number of carbonyl (C=O) groups excluding carboxylic acids is 2. The van der Waals surface area contributed by atoms with Crippen LogP contribution >= 0.6 is 0 Å². The maximum atomic E-state index is 12.7. The minimum Gasteiger partial charge on any atom is -0.374 e. The Bertz CT molecular complexity index is 761. The van der Waals surface area contributed by atoms with Crippen molar-refractivity contribution in [2.24, 2.45) is 0 Å². The van der Waals surface area contributed by atoms with E-state index in [0.29, 0.717) is 28.7 Å². The molecule has 2 amide bonds. The van der Waals surface area contributed by atoms with Crippen LogP contribution < -0.4 is 5.32 Å². The van der Waals surface area contributed by atoms with Gasteiger partial charge in [0.15, 0.2) is 0 Å². The normalized spacial score (nSPS) is 15.2. The predicted molar refractivity (Wildman–Crippen MR) is 89.5 cm³/mol. The monoisotopic (exact) mass is 312 g/mol. The van der Waals surface area contributed by atoms with E-state index >= 15 is 0 Å². The highest BCUT2D eigenvalue weighted by atomic mass is 16.3. The Kier molecular flexibility index (Phi) is 4.05. The summed E-state index contributed by atoms with van der Waals surface area (Å²) in [7, 11) is 0. The first kappa shape index (κ1) is 15.5. The molecular weight excluding hydrogens is 292 g/mol. The number of anilines is 1. The lowest BCUT2D eigenvalue weighted by atomic mass is 9.93. The number of benzene rings is 2. The molecule has 0 saturated carbocycles. The van der Waals surface area contributed by atoms with Crippen LogP contribution in [0.5, 0.6) is 0 Å². The first-order valence-corrected chi connectivity index (χ1v) is 7.91. The van der Waals surface area contributed by atoms with Gasteiger partial charge in [0.25, 0.3) is 11.8 Å². The smallest absolute Gasteiger partial charge is 0.261 e. The standard InChI is InChI=1S/C18H20N2O3/c1-3-4-10-20-17(22)13-7-5-6-12-15(19-11(2)21)9-8-14(16(12)13)18(20)23/h5-9,11,19,21H,3-4,10H2,1-2H3. The first-order chi connectivity index (χ1) is 11.0. The van der Waals surface area contributed by atoms with Gasteiger partial charge in [-0.2, -0.15) is 0 Å². The fourth-order valence-electron chi connectivity index (χ4n) is 3.02. The third kappa shape index (κ3) is 2.57. The molecule has 1 unspecified atom stereocenters. The number of nitrogens with zero attached hydrogens (tertiary/aromatic N) is 1. The molecule has 2 N–H and O–H groups in total. The number of amides is 2. The van der Waals surface area contributed by atoms with E-state index in [4.69, 9.17) is 0 Å². The zero-order valence-corrected chi connectivity index (χ0v) is 13.3. The molecule has 0 aromatic heterocycles. The van der Waals surface area contributed by atoms with Crippen molar-refractivity contribution in [1.82, 2.24) is 4.90 Å². The average Bonchev–Trinajstić information content (AvgIpc) is 2.53. The van der Waals surface area contributed by atoms with Gasteiger partial charge in [0.05, 0.1) is 0 Å². The molecule has 1 atom stereocenters. The molecule has 0 fully saturated rings. The van der Waals surface area contributed by atoms with Crippen molar-refractivity contribution in [2.75, 3.05) is 11.9 Å². The largest absolute Gasteiger partial charge is 0.374 e. The van der Waals surface area contributed by atoms with E-state index in [1.165, 1.54) is 4.90 Å². The van der Waals surface area contributed by atoms with Crippen LogP contribution in [-0.2, 0) is 0 Å². The van der Waals surface area contributed by atoms with Gasteiger partial charge in [-0.1, -0.05) is 25.5 Å². The first-order valence-electron chi connectivity index (χ1n) is 7.91. The minimum atomic E-state index is -0.719. The number of unbranched alkanes of at least 4 members (excludes halogenated alkanes) is 1. The van der Waals surface area contributed by atoms with E-state index < -0.39 is 6.23 Å². The van der Waals surface area contributed by atoms with Gasteiger partial charge < -0.3 is 10.4 Å². The zero-order chi connectivity index (χ0) is 16.6. The zero-order valence-electron chi connectivity index (χ0n) is 13.3. The third-order valence-electron chi connectivity index (χ3n) is 4.09. The van der Waals surface area contributed by atoms with Crippen molar-refractivity contribution in [2.45, 2.75) is 32.9 Å². The van der Waals surface area contributed by atoms with E-state index in [-0.39, 0.29) is 11.8 Å². The lowest BCUT2D eigenvalue weighted by Crippen LogP contribution is -2.40. The fourth-order valence-corrected chi connectivity index (χ4v) is 3.02. The Morgan fingerprint density at radius 2 is 1.83 bits per heavy atom. The molecule has 2 aromatic rings. The van der Waals surface area contributed by atoms with Crippen LogP contribution in [0.3, 0.4) is 0 Å². The van der Waals surface area contributed by atoms with Gasteiger partial charge in [0.1, 0.15) is 6.23 Å². The number of aliphatic hydroxyl groups is 1. The summed E-state index contributed by atoms with van der Waals surface area (Å²) in [6.45, 7) is 4.09. The van der Waals surface area contributed by atoms with Crippen LogP contribution in [0.1, 0.15) is 47.4 Å². The van der Waals surface area contributed by atoms with Gasteiger partial charge in [-0.15, -0.1) is 0 Å². The van der Waals surface area contributed by atoms with Crippen molar-refractivity contribution in [3.63, 3.8) is 0 Å². The number of hydrogen-bond donors (Lipinski definition) is 2. The van der Waals surface area contributed by atoms with Gasteiger partial charge in [-0.25, -0.2) is 0 Å². The van der Waals surface area contributed by atoms with E-state index in [1.807, 2.05) is 13.0 Å². The van der Waals surface area contributed by atoms with E-state index in [0.717, 1.165) is 18.2 Å². The average molecular weight is 312 g/mol. The fraction of sp³-hybridized carbons (Fsp3) is 0.333. The summed E-state index contributed by atoms with van der Waals surface area (Å²) < 4.78 is 0. The summed E-state index contributed by atoms with van der Waals surface area (Å²) in [6.07, 6.45) is 0.999. The molecule has 3 rings (SSSR count). The summed E-state index contributed by atoms with van der Waals surface area (Å²) in [5.41, 5.74) is 1.80. The van der Waals surface area contributed by atoms with Crippen LogP contribution in [0.15, 0.2) is 30.3 Å². The second-order valence-electron chi connectivity index (χ2n) is 5.82. The summed E-state index contributed by atoms with van der Waals surface area (Å²) in [5.74, 6) is -0.480. The Balaban J connectivity index is 2.17. The second kappa shape index (κ2) is 6.01. The van der Waals surface area contributed by atoms with Crippen LogP contribution in [-0.4, -0.2) is 34.6 Å². The molecule has 0 aliphatic carbocycles. The number of carbonyl (C=O) groups is 2. The highest BCUT2D eigenvalue weighted by molar-refractivity contribution is 6.26. The maximum absolute atomic E-state index is 12.7. The van der Waals surface area contributed by atoms with Crippen molar-refractivity contribution in [3.8, 4) is 0 Å². The number of rotatable bonds is 5. The number of nitrogens with one attached hydrogen (secondary N) is 1. The summed E-state index contributed by atoms with van der Waals surface area (Å²) in [6, 6.07) is 8.92. The van der Waals surface area contributed by atoms with Gasteiger partial charge in [0, 0.05) is 34.1 Å². The molecule has 23 heavy (non-hydrogen) atoms. The van der Waals surface area contributed by atoms with Crippen LogP contribution in [0.2, 0.25) is 0 Å². The van der Waals surface area contributed by atoms with Crippen molar-refractivity contribution in [1.29, 1.82) is 0 Å². The van der Waals surface area contributed by atoms with Crippen LogP contribution in [0.4, 0.5) is 5.69 Å². The number of hydrogen-bond acceptors (Lipinski definition) is 4. The van der Waals surface area contributed by atoms with Crippen molar-refractivity contribution < 1.29 is 14.7 Å². The van der Waals surface area contributed by atoms with E-state index in [9.17, 15) is 14.7 Å². The minimum absolute atomic E-state index is 0.240. The lowest BCUT2D eigenvalue weighted by Gasteiger charge is -2.28. The molecule has 2 aromatic carbocycles. The summed E-state index contributed by atoms with van der Waals surface area (Å²) in [5, 5.41) is 14.0. The van der Waals surface area contributed by atoms with Crippen LogP contribution in [0.25, 0.3) is 10.8 Å². The van der Waals surface area contributed by atoms with Crippen LogP contribution in [0, 0.1) is 0 Å². The second-order valence-corrected chi connectivity index (χ2v) is 5.82. The molecule has 0 radical (unpaired) electrons. The molecular formula is C18H20N2O3. The molecule has 1 aliphatic heterocycles. The number of aliphatic hydroxyl groups excluding tert-OH is 1. The Morgan fingerprint density at radius 3 is 2.48 bits per heavy atom. The molecule has 1 heterocycles. The molecule has 5 heteroatoms. The number of imide groups is 1. The SMILES string of the molecule is CCCCN1C(=O)c2cccc3c(NC(C)O)ccc(c23)C1=O. The summed E-state index contributed by atoms with van der Waals surface area (Å²) in [4.78, 5) is 26.7. The topological polar surface area (TPSA) is 69.6 Å². The van der Waals surface area contributed by atoms with E-state index in [2.05, 4.69) is 5.32 Å². The molecule has 0 saturated heterocycles. The summed E-state index contributed by atoms with van der Waals surface area (Å²) >= 11 is 0. The molecule has 0 spiro atoms. The Labute approximate surface area is 134 Å². The van der Waals surface area contributed by atoms with Gasteiger partial charge in [0.2, 0.25) is 0 Å². The third-order valence-corrected chi connectivity index (χ3v) is 4.09. The highest BCUT2D eigenvalue weighted by Crippen LogP contribution is 2.34. The predicted octanol–water partition coefficient (Wildman–Crippen LogP) is 2.99. The molecule has 1 aliphatic rings. The van der Waals surface area contributed by atoms with Crippen molar-refractivity contribution >= 4 is 28.3 Å². The van der Waals surface area contributed by atoms with Gasteiger partial charge in [-0.05, 0) is 31.5 Å². The highest BCUT2D eigenvalue weighted by Gasteiger charge is 2.32. The Morgan fingerprint density at radius 1 is 1.13 bits per heavy atom. The molecule has 0 bridgehead atoms. The van der Waals surface area contributed by atoms with Gasteiger partial charge in [-0.3, -0.25) is 14.5 Å². The maximum Gasteiger partial charge on any atom is 0.261 e. The van der Waals surface area contributed by atoms with Gasteiger partial charge >= 0.3 is 0 Å². The quantitative estimate of drug-likeness (QED) is 0.658. The molecule has 120 valence electrons. The molecule has 5 nitrogen and oxygen atoms in total. The Hall–Kier alpha value is -2.40. The lowest BCUT2D eigenvalue weighted by molar-refractivity contribution is 0.0608.